The number of hydrogen-bond acceptors (Lipinski definition) is 11. The summed E-state index contributed by atoms with van der Waals surface area (Å²) in [5.41, 5.74) is 11.3. The van der Waals surface area contributed by atoms with Gasteiger partial charge in [0.15, 0.2) is 23.3 Å². The fourth-order valence-corrected chi connectivity index (χ4v) is 8.75. The number of carboxylic acids is 1. The van der Waals surface area contributed by atoms with E-state index < -0.39 is 52.2 Å². The fraction of sp³-hybridized carbons (Fsp3) is 0.138. The smallest absolute Gasteiger partial charge is 0.354 e. The molecule has 0 fully saturated rings. The monoisotopic (exact) mass is 1070 g/mol. The normalized spacial score (nSPS) is 11.8. The Morgan fingerprint density at radius 1 is 0.570 bits per heavy atom. The second kappa shape index (κ2) is 24.8. The number of nitrogens with one attached hydrogen (secondary N) is 3. The van der Waals surface area contributed by atoms with Crippen molar-refractivity contribution in [3.63, 3.8) is 0 Å². The van der Waals surface area contributed by atoms with Crippen LogP contribution in [0, 0.1) is 23.3 Å². The minimum Gasteiger partial charge on any atom is -0.477 e. The highest BCUT2D eigenvalue weighted by Crippen LogP contribution is 2.33. The van der Waals surface area contributed by atoms with Crippen LogP contribution in [0.2, 0.25) is 0 Å². The summed E-state index contributed by atoms with van der Waals surface area (Å²) < 4.78 is 56.1. The number of carbonyl (C=O) groups excluding carboxylic acids is 3. The van der Waals surface area contributed by atoms with Gasteiger partial charge in [-0.25, -0.2) is 32.3 Å². The number of allylic oxidation sites excluding steroid dienone is 2. The van der Waals surface area contributed by atoms with Gasteiger partial charge in [0.2, 0.25) is 0 Å². The number of halogens is 4. The van der Waals surface area contributed by atoms with Crippen molar-refractivity contribution in [3.05, 3.63) is 269 Å². The van der Waals surface area contributed by atoms with E-state index in [0.717, 1.165) is 63.5 Å². The maximum Gasteiger partial charge on any atom is 0.354 e. The van der Waals surface area contributed by atoms with E-state index in [1.807, 2.05) is 30.4 Å². The van der Waals surface area contributed by atoms with Crippen molar-refractivity contribution >= 4 is 34.8 Å². The van der Waals surface area contributed by atoms with E-state index in [2.05, 4.69) is 41.6 Å². The van der Waals surface area contributed by atoms with Gasteiger partial charge in [-0.3, -0.25) is 33.9 Å². The quantitative estimate of drug-likeness (QED) is 0.0743. The molecular weight excluding hydrogens is 1020 g/mol. The van der Waals surface area contributed by atoms with Crippen LogP contribution in [-0.4, -0.2) is 72.0 Å². The molecule has 2 aliphatic carbocycles. The average molecular weight is 1070 g/mol. The largest absolute Gasteiger partial charge is 0.477 e. The van der Waals surface area contributed by atoms with Crippen LogP contribution in [-0.2, 0) is 39.0 Å². The number of fused-ring (bicyclic) bond motifs is 2. The molecule has 6 N–H and O–H groups in total. The first kappa shape index (κ1) is 55.2. The highest BCUT2D eigenvalue weighted by Gasteiger charge is 2.22. The predicted molar refractivity (Wildman–Crippen MR) is 284 cm³/mol. The number of carboxylic acid groups (broad SMARTS) is 1. The van der Waals surface area contributed by atoms with Crippen LogP contribution in [0.5, 0.6) is 0 Å². The minimum absolute atomic E-state index is 0.0400. The van der Waals surface area contributed by atoms with E-state index in [1.165, 1.54) is 78.1 Å². The number of nitrogens with zero attached hydrogens (tertiary/aromatic N) is 6. The Balaban J connectivity index is 0.000000202. The molecule has 400 valence electrons. The summed E-state index contributed by atoms with van der Waals surface area (Å²) in [5.74, 6) is -6.95. The van der Waals surface area contributed by atoms with Crippen LogP contribution in [0.4, 0.5) is 17.6 Å². The van der Waals surface area contributed by atoms with E-state index in [0.29, 0.717) is 40.9 Å². The number of amides is 3. The van der Waals surface area contributed by atoms with Crippen LogP contribution < -0.4 is 32.8 Å². The summed E-state index contributed by atoms with van der Waals surface area (Å²) in [6.07, 6.45) is 11.6. The molecule has 0 spiro atoms. The standard InChI is InChI=1S/C29H23F2N5O3.C28H20F2N4O4.CH5N/c1-32-28(38)26-14-18(20-7-9-25-21(20)4-2-10-33-25)13-19(35-26)15-34-27(37)22-5-3-11-36(29(22)39)16-17-6-8-23(30)24(31)12-17;29-22-7-5-16(11-23(22)30)15-34-10-2-4-21(27(34)36)26(35)32-14-18-12-17(13-25(33-18)28(37)38)19-6-8-24-20(19)3-1-9-31-24;1-2/h2-8,10-14H,9,15-16H2,1H3,(H,32,38)(H,34,37);1-7,9-13H,8,14-15H2,(H,32,35)(H,37,38);2H2,1H3. The second-order valence-electron chi connectivity index (χ2n) is 17.6. The zero-order valence-electron chi connectivity index (χ0n) is 42.3. The Morgan fingerprint density at radius 3 is 1.44 bits per heavy atom. The number of nitrogens with two attached hydrogens (primary N) is 1. The molecule has 2 aliphatic rings. The molecule has 2 aromatic carbocycles. The Hall–Kier alpha value is -10.0. The van der Waals surface area contributed by atoms with Crippen molar-refractivity contribution in [2.75, 3.05) is 14.1 Å². The number of aromatic carboxylic acids is 1. The molecule has 6 heterocycles. The number of pyridine rings is 6. The molecule has 0 aliphatic heterocycles. The zero-order chi connectivity index (χ0) is 56.3. The second-order valence-corrected chi connectivity index (χ2v) is 17.6. The van der Waals surface area contributed by atoms with Crippen molar-refractivity contribution < 1.29 is 41.8 Å². The van der Waals surface area contributed by atoms with Crippen LogP contribution in [0.3, 0.4) is 0 Å². The number of aromatic nitrogens is 6. The third-order valence-electron chi connectivity index (χ3n) is 12.5. The molecule has 21 heteroatoms. The Kier molecular flexibility index (Phi) is 17.3. The molecule has 10 rings (SSSR count). The van der Waals surface area contributed by atoms with E-state index in [9.17, 15) is 51.4 Å². The molecule has 8 aromatic rings. The maximum atomic E-state index is 13.6. The predicted octanol–water partition coefficient (Wildman–Crippen LogP) is 6.40. The van der Waals surface area contributed by atoms with E-state index in [-0.39, 0.29) is 54.6 Å². The molecule has 0 radical (unpaired) electrons. The lowest BCUT2D eigenvalue weighted by atomic mass is 10.00. The van der Waals surface area contributed by atoms with Gasteiger partial charge < -0.3 is 35.9 Å². The minimum atomic E-state index is -1.22. The van der Waals surface area contributed by atoms with Gasteiger partial charge in [0.25, 0.3) is 28.8 Å². The Labute approximate surface area is 447 Å². The zero-order valence-corrected chi connectivity index (χ0v) is 42.3. The van der Waals surface area contributed by atoms with Gasteiger partial charge in [-0.2, -0.15) is 0 Å². The first-order valence-corrected chi connectivity index (χ1v) is 24.3. The molecule has 6 aromatic heterocycles. The Morgan fingerprint density at radius 2 is 1.01 bits per heavy atom. The van der Waals surface area contributed by atoms with E-state index >= 15 is 0 Å². The number of carbonyl (C=O) groups is 4. The van der Waals surface area contributed by atoms with Gasteiger partial charge in [0, 0.05) is 55.8 Å². The molecule has 79 heavy (non-hydrogen) atoms. The van der Waals surface area contributed by atoms with Crippen molar-refractivity contribution in [3.8, 4) is 0 Å². The van der Waals surface area contributed by atoms with Crippen LogP contribution in [0.1, 0.15) is 97.8 Å². The van der Waals surface area contributed by atoms with E-state index in [1.54, 1.807) is 36.7 Å². The third kappa shape index (κ3) is 12.8. The van der Waals surface area contributed by atoms with Gasteiger partial charge in [0.05, 0.1) is 49.0 Å². The van der Waals surface area contributed by atoms with Crippen LogP contribution in [0.15, 0.2) is 156 Å². The molecular formula is C58H48F4N10O7. The lowest BCUT2D eigenvalue weighted by Gasteiger charge is -2.12. The fourth-order valence-electron chi connectivity index (χ4n) is 8.75. The molecule has 3 amide bonds. The summed E-state index contributed by atoms with van der Waals surface area (Å²) in [6.45, 7) is -0.269. The molecule has 0 saturated heterocycles. The van der Waals surface area contributed by atoms with Crippen LogP contribution in [0.25, 0.3) is 11.1 Å². The Bertz CT molecular complexity index is 3880. The third-order valence-corrected chi connectivity index (χ3v) is 12.5. The summed E-state index contributed by atoms with van der Waals surface area (Å²) in [4.78, 5) is 93.1. The average Bonchev–Trinajstić information content (AvgIpc) is 4.13. The topological polar surface area (TPSA) is 246 Å². The molecule has 0 atom stereocenters. The van der Waals surface area contributed by atoms with Gasteiger partial charge in [-0.1, -0.05) is 36.4 Å². The van der Waals surface area contributed by atoms with Gasteiger partial charge in [-0.15, -0.1) is 0 Å². The van der Waals surface area contributed by atoms with Crippen molar-refractivity contribution in [1.82, 2.24) is 45.0 Å². The molecule has 0 bridgehead atoms. The maximum absolute atomic E-state index is 13.6. The first-order chi connectivity index (χ1) is 38.1. The lowest BCUT2D eigenvalue weighted by molar-refractivity contribution is 0.0689. The van der Waals surface area contributed by atoms with Crippen molar-refractivity contribution in [2.45, 2.75) is 39.0 Å². The number of benzene rings is 2. The van der Waals surface area contributed by atoms with Crippen LogP contribution >= 0.6 is 0 Å². The highest BCUT2D eigenvalue weighted by atomic mass is 19.2. The van der Waals surface area contributed by atoms with Crippen molar-refractivity contribution in [2.24, 2.45) is 5.73 Å². The van der Waals surface area contributed by atoms with Gasteiger partial charge in [-0.05, 0) is 125 Å². The summed E-state index contributed by atoms with van der Waals surface area (Å²) in [5, 5.41) is 17.5. The molecule has 0 unspecified atom stereocenters. The van der Waals surface area contributed by atoms with Gasteiger partial charge in [0.1, 0.15) is 22.5 Å². The molecule has 17 nitrogen and oxygen atoms in total. The lowest BCUT2D eigenvalue weighted by Crippen LogP contribution is -2.33. The number of hydrogen-bond donors (Lipinski definition) is 5. The van der Waals surface area contributed by atoms with E-state index in [4.69, 9.17) is 0 Å². The SMILES string of the molecule is CN.CNC(=O)c1cc(C2=CCc3ncccc32)cc(CNC(=O)c2cccn(Cc3ccc(F)c(F)c3)c2=O)n1.O=C(O)c1cc(C2=CCc3ncccc32)cc(CNC(=O)c2cccn(Cc3ccc(F)c(F)c3)c2=O)n1. The molecule has 0 saturated carbocycles. The van der Waals surface area contributed by atoms with Gasteiger partial charge >= 0.3 is 5.97 Å². The summed E-state index contributed by atoms with van der Waals surface area (Å²) in [6, 6.07) is 26.6. The summed E-state index contributed by atoms with van der Waals surface area (Å²) >= 11 is 0. The van der Waals surface area contributed by atoms with Crippen molar-refractivity contribution in [1.29, 1.82) is 0 Å². The first-order valence-electron chi connectivity index (χ1n) is 24.3. The number of rotatable bonds is 14. The summed E-state index contributed by atoms with van der Waals surface area (Å²) in [7, 11) is 3.01. The highest BCUT2D eigenvalue weighted by molar-refractivity contribution is 5.96.